The van der Waals surface area contributed by atoms with E-state index in [9.17, 15) is 4.79 Å². The quantitative estimate of drug-likeness (QED) is 0.721. The first-order valence-corrected chi connectivity index (χ1v) is 9.00. The van der Waals surface area contributed by atoms with Crippen molar-refractivity contribution in [2.45, 2.75) is 78.0 Å². The summed E-state index contributed by atoms with van der Waals surface area (Å²) in [5, 5.41) is 2.07. The summed E-state index contributed by atoms with van der Waals surface area (Å²) in [6, 6.07) is 6.19. The molecule has 25 heavy (non-hydrogen) atoms. The molecule has 1 aromatic rings. The van der Waals surface area contributed by atoms with Gasteiger partial charge in [-0.2, -0.15) is 0 Å². The number of aryl methyl sites for hydroxylation is 1. The van der Waals surface area contributed by atoms with Crippen LogP contribution in [0.3, 0.4) is 0 Å². The molecule has 0 aliphatic carbocycles. The fourth-order valence-corrected chi connectivity index (χ4v) is 3.91. The van der Waals surface area contributed by atoms with E-state index in [2.05, 4.69) is 58.4 Å². The van der Waals surface area contributed by atoms with Gasteiger partial charge in [0.1, 0.15) is 6.10 Å². The second kappa shape index (κ2) is 7.20. The molecule has 0 bridgehead atoms. The normalized spacial score (nSPS) is 20.1. The third-order valence-corrected chi connectivity index (χ3v) is 4.78. The molecule has 138 valence electrons. The number of benzene rings is 1. The number of ether oxygens (including phenoxy) is 1. The average Bonchev–Trinajstić information content (AvgIpc) is 2.49. The van der Waals surface area contributed by atoms with Gasteiger partial charge in [0.15, 0.2) is 5.75 Å². The Labute approximate surface area is 151 Å². The zero-order valence-corrected chi connectivity index (χ0v) is 16.4. The van der Waals surface area contributed by atoms with Crippen molar-refractivity contribution in [3.63, 3.8) is 0 Å². The van der Waals surface area contributed by atoms with Crippen LogP contribution >= 0.6 is 0 Å². The van der Waals surface area contributed by atoms with E-state index in [1.54, 1.807) is 0 Å². The summed E-state index contributed by atoms with van der Waals surface area (Å²) >= 11 is 0. The lowest BCUT2D eigenvalue weighted by Crippen LogP contribution is -2.63. The second-order valence-electron chi connectivity index (χ2n) is 8.08. The number of hydrogen-bond donors (Lipinski definition) is 0. The summed E-state index contributed by atoms with van der Waals surface area (Å²) in [6.45, 7) is 16.0. The molecule has 4 heteroatoms. The van der Waals surface area contributed by atoms with Gasteiger partial charge in [0.05, 0.1) is 11.1 Å². The van der Waals surface area contributed by atoms with E-state index < -0.39 is 0 Å². The molecule has 0 saturated carbocycles. The van der Waals surface area contributed by atoms with Crippen LogP contribution in [0.15, 0.2) is 24.8 Å². The minimum absolute atomic E-state index is 0.0903. The van der Waals surface area contributed by atoms with Gasteiger partial charge >= 0.3 is 5.97 Å². The Bertz CT molecular complexity index is 631. The highest BCUT2D eigenvalue weighted by molar-refractivity contribution is 5.66. The van der Waals surface area contributed by atoms with Crippen LogP contribution < -0.4 is 4.84 Å². The maximum Gasteiger partial charge on any atom is 0.302 e. The predicted molar refractivity (Wildman–Crippen MR) is 101 cm³/mol. The van der Waals surface area contributed by atoms with Gasteiger partial charge in [-0.25, -0.2) is 0 Å². The number of rotatable bonds is 5. The van der Waals surface area contributed by atoms with E-state index >= 15 is 0 Å². The molecule has 1 aliphatic heterocycles. The molecule has 0 amide bonds. The fourth-order valence-electron chi connectivity index (χ4n) is 3.91. The molecule has 1 saturated heterocycles. The standard InChI is InChI=1S/C21H31NO3/c1-8-16-10-11-17(9-2)19(12-16)25-22-20(4,5)13-18(24-15(3)23)14-21(22,6)7/h8,10-12,18H,1,9,13-14H2,2-7H3. The number of carbonyl (C=O) groups is 1. The zero-order valence-electron chi connectivity index (χ0n) is 16.4. The lowest BCUT2D eigenvalue weighted by molar-refractivity contribution is -0.238. The van der Waals surface area contributed by atoms with Crippen molar-refractivity contribution in [3.8, 4) is 5.75 Å². The van der Waals surface area contributed by atoms with Crippen LogP contribution in [-0.4, -0.2) is 28.2 Å². The number of carbonyl (C=O) groups excluding carboxylic acids is 1. The number of nitrogens with zero attached hydrogens (tertiary/aromatic N) is 1. The van der Waals surface area contributed by atoms with Crippen molar-refractivity contribution in [2.24, 2.45) is 0 Å². The molecule has 0 radical (unpaired) electrons. The summed E-state index contributed by atoms with van der Waals surface area (Å²) in [7, 11) is 0. The highest BCUT2D eigenvalue weighted by atomic mass is 16.7. The lowest BCUT2D eigenvalue weighted by atomic mass is 9.80. The van der Waals surface area contributed by atoms with E-state index in [0.717, 1.165) is 30.6 Å². The van der Waals surface area contributed by atoms with Gasteiger partial charge in [-0.05, 0) is 51.3 Å². The van der Waals surface area contributed by atoms with Gasteiger partial charge in [-0.15, -0.1) is 5.06 Å². The Balaban J connectivity index is 2.32. The molecule has 0 aromatic heterocycles. The number of esters is 1. The van der Waals surface area contributed by atoms with Crippen LogP contribution in [0.1, 0.15) is 65.5 Å². The highest BCUT2D eigenvalue weighted by Gasteiger charge is 2.48. The second-order valence-corrected chi connectivity index (χ2v) is 8.08. The van der Waals surface area contributed by atoms with Gasteiger partial charge in [0.2, 0.25) is 0 Å². The Morgan fingerprint density at radius 2 is 1.88 bits per heavy atom. The molecule has 1 fully saturated rings. The molecular formula is C21H31NO3. The van der Waals surface area contributed by atoms with Gasteiger partial charge in [-0.3, -0.25) is 4.79 Å². The third-order valence-electron chi connectivity index (χ3n) is 4.78. The van der Waals surface area contributed by atoms with Crippen LogP contribution in [0.5, 0.6) is 5.75 Å². The Hall–Kier alpha value is -1.81. The van der Waals surface area contributed by atoms with E-state index in [-0.39, 0.29) is 23.2 Å². The third kappa shape index (κ3) is 4.43. The van der Waals surface area contributed by atoms with Crippen molar-refractivity contribution in [2.75, 3.05) is 0 Å². The van der Waals surface area contributed by atoms with E-state index in [4.69, 9.17) is 9.57 Å². The first-order chi connectivity index (χ1) is 11.6. The van der Waals surface area contributed by atoms with Crippen LogP contribution in [0.25, 0.3) is 6.08 Å². The monoisotopic (exact) mass is 345 g/mol. The summed E-state index contributed by atoms with van der Waals surface area (Å²) < 4.78 is 5.51. The molecule has 4 nitrogen and oxygen atoms in total. The molecule has 2 rings (SSSR count). The van der Waals surface area contributed by atoms with Crippen molar-refractivity contribution in [1.82, 2.24) is 5.06 Å². The molecule has 1 aromatic carbocycles. The largest absolute Gasteiger partial charge is 0.462 e. The first-order valence-electron chi connectivity index (χ1n) is 9.00. The van der Waals surface area contributed by atoms with Crippen LogP contribution in [0.2, 0.25) is 0 Å². The predicted octanol–water partition coefficient (Wildman–Crippen LogP) is 4.77. The van der Waals surface area contributed by atoms with Crippen molar-refractivity contribution in [1.29, 1.82) is 0 Å². The van der Waals surface area contributed by atoms with Gasteiger partial charge in [-0.1, -0.05) is 31.7 Å². The molecular weight excluding hydrogens is 314 g/mol. The highest BCUT2D eigenvalue weighted by Crippen LogP contribution is 2.41. The first kappa shape index (κ1) is 19.5. The van der Waals surface area contributed by atoms with Crippen molar-refractivity contribution >= 4 is 12.0 Å². The van der Waals surface area contributed by atoms with Gasteiger partial charge in [0, 0.05) is 19.8 Å². The molecule has 0 N–H and O–H groups in total. The SMILES string of the molecule is C=Cc1ccc(CC)c(ON2C(C)(C)CC(OC(C)=O)CC2(C)C)c1. The zero-order chi connectivity index (χ0) is 18.8. The Kier molecular flexibility index (Phi) is 5.62. The van der Waals surface area contributed by atoms with E-state index in [1.807, 2.05) is 12.1 Å². The summed E-state index contributed by atoms with van der Waals surface area (Å²) in [4.78, 5) is 17.8. The van der Waals surface area contributed by atoms with Gasteiger partial charge in [0.25, 0.3) is 0 Å². The van der Waals surface area contributed by atoms with Crippen LogP contribution in [0, 0.1) is 0 Å². The van der Waals surface area contributed by atoms with E-state index in [0.29, 0.717) is 0 Å². The molecule has 1 heterocycles. The minimum atomic E-state index is -0.267. The van der Waals surface area contributed by atoms with E-state index in [1.165, 1.54) is 12.5 Å². The topological polar surface area (TPSA) is 38.8 Å². The summed E-state index contributed by atoms with van der Waals surface area (Å²) in [5.74, 6) is 0.643. The number of hydrogen-bond acceptors (Lipinski definition) is 4. The smallest absolute Gasteiger partial charge is 0.302 e. The number of piperidine rings is 1. The van der Waals surface area contributed by atoms with Crippen LogP contribution in [0.4, 0.5) is 0 Å². The Morgan fingerprint density at radius 3 is 2.36 bits per heavy atom. The number of hydroxylamine groups is 2. The fraction of sp³-hybridized carbons (Fsp3) is 0.571. The molecule has 1 aliphatic rings. The maximum absolute atomic E-state index is 11.4. The molecule has 0 spiro atoms. The summed E-state index contributed by atoms with van der Waals surface area (Å²) in [5.41, 5.74) is 1.67. The molecule has 0 atom stereocenters. The maximum atomic E-state index is 11.4. The summed E-state index contributed by atoms with van der Waals surface area (Å²) in [6.07, 6.45) is 4.11. The lowest BCUT2D eigenvalue weighted by Gasteiger charge is -2.53. The molecule has 0 unspecified atom stereocenters. The Morgan fingerprint density at radius 1 is 1.28 bits per heavy atom. The minimum Gasteiger partial charge on any atom is -0.462 e. The van der Waals surface area contributed by atoms with Crippen molar-refractivity contribution in [3.05, 3.63) is 35.9 Å². The van der Waals surface area contributed by atoms with Crippen LogP contribution in [-0.2, 0) is 16.0 Å². The van der Waals surface area contributed by atoms with Crippen molar-refractivity contribution < 1.29 is 14.4 Å². The average molecular weight is 345 g/mol. The van der Waals surface area contributed by atoms with Gasteiger partial charge < -0.3 is 9.57 Å².